The van der Waals surface area contributed by atoms with Gasteiger partial charge in [-0.2, -0.15) is 0 Å². The van der Waals surface area contributed by atoms with E-state index in [0.717, 1.165) is 61.5 Å². The van der Waals surface area contributed by atoms with Crippen LogP contribution in [-0.4, -0.2) is 79.5 Å². The van der Waals surface area contributed by atoms with Crippen molar-refractivity contribution in [3.8, 4) is 11.1 Å². The number of hydrogen-bond donors (Lipinski definition) is 2. The summed E-state index contributed by atoms with van der Waals surface area (Å²) >= 11 is 5.34. The van der Waals surface area contributed by atoms with Gasteiger partial charge in [0.15, 0.2) is 5.11 Å². The highest BCUT2D eigenvalue weighted by molar-refractivity contribution is 7.80. The van der Waals surface area contributed by atoms with E-state index >= 15 is 0 Å². The van der Waals surface area contributed by atoms with Crippen molar-refractivity contribution >= 4 is 29.1 Å². The second-order valence-electron chi connectivity index (χ2n) is 10.5. The minimum absolute atomic E-state index is 0.264. The number of nitrogens with zero attached hydrogens (tertiary/aromatic N) is 3. The lowest BCUT2D eigenvalue weighted by Gasteiger charge is -2.32. The molecule has 3 N–H and O–H groups in total. The van der Waals surface area contributed by atoms with Crippen molar-refractivity contribution in [2.45, 2.75) is 39.7 Å². The Morgan fingerprint density at radius 2 is 1.72 bits per heavy atom. The summed E-state index contributed by atoms with van der Waals surface area (Å²) in [5.41, 5.74) is 11.1. The third-order valence-electron chi connectivity index (χ3n) is 6.37. The number of aryl methyl sites for hydroxylation is 1. The summed E-state index contributed by atoms with van der Waals surface area (Å²) in [7, 11) is 2.19. The molecule has 1 fully saturated rings. The molecule has 3 rings (SSSR count). The molecular formula is C28H41N5O2S. The Morgan fingerprint density at radius 1 is 1.08 bits per heavy atom. The van der Waals surface area contributed by atoms with Crippen LogP contribution in [0.3, 0.4) is 0 Å². The van der Waals surface area contributed by atoms with E-state index in [1.165, 1.54) is 5.56 Å². The Hall–Kier alpha value is -2.68. The van der Waals surface area contributed by atoms with Crippen LogP contribution in [0.25, 0.3) is 11.1 Å². The second-order valence-corrected chi connectivity index (χ2v) is 10.9. The zero-order chi connectivity index (χ0) is 26.3. The molecule has 1 heterocycles. The Labute approximate surface area is 221 Å². The number of nitrogens with one attached hydrogen (secondary N) is 1. The summed E-state index contributed by atoms with van der Waals surface area (Å²) in [6, 6.07) is 15.1. The Morgan fingerprint density at radius 3 is 2.33 bits per heavy atom. The maximum absolute atomic E-state index is 12.0. The third kappa shape index (κ3) is 8.47. The standard InChI is InChI=1S/C28H41N5O2S/c1-21-6-9-24(20-25(21)33(26(29)36)15-13-30-27(34)35-28(2,3)4)23-10-7-22(8-11-23)12-14-32-18-16-31(5)17-19-32/h6-11,20H,12-19H2,1-5H3,(H2,29,36)(H,30,34). The first-order valence-electron chi connectivity index (χ1n) is 12.7. The van der Waals surface area contributed by atoms with E-state index in [1.54, 1.807) is 0 Å². The number of anilines is 1. The summed E-state index contributed by atoms with van der Waals surface area (Å²) < 4.78 is 5.31. The monoisotopic (exact) mass is 511 g/mol. The van der Waals surface area contributed by atoms with Gasteiger partial charge < -0.3 is 30.5 Å². The average Bonchev–Trinajstić information content (AvgIpc) is 2.81. The Balaban J connectivity index is 1.64. The molecule has 1 aliphatic rings. The van der Waals surface area contributed by atoms with E-state index < -0.39 is 11.7 Å². The SMILES string of the molecule is Cc1ccc(-c2ccc(CCN3CCN(C)CC3)cc2)cc1N(CCNC(=O)OC(C)(C)C)C(N)=S. The van der Waals surface area contributed by atoms with Crippen LogP contribution in [-0.2, 0) is 11.2 Å². The van der Waals surface area contributed by atoms with E-state index in [-0.39, 0.29) is 5.11 Å². The lowest BCUT2D eigenvalue weighted by molar-refractivity contribution is 0.0529. The number of ether oxygens (including phenoxy) is 1. The highest BCUT2D eigenvalue weighted by atomic mass is 32.1. The predicted octanol–water partition coefficient (Wildman–Crippen LogP) is 4.03. The van der Waals surface area contributed by atoms with Gasteiger partial charge in [-0.15, -0.1) is 0 Å². The van der Waals surface area contributed by atoms with Gasteiger partial charge in [-0.3, -0.25) is 0 Å². The maximum atomic E-state index is 12.0. The molecule has 0 spiro atoms. The molecule has 0 radical (unpaired) electrons. The molecule has 0 unspecified atom stereocenters. The smallest absolute Gasteiger partial charge is 0.407 e. The predicted molar refractivity (Wildman–Crippen MR) is 153 cm³/mol. The number of alkyl carbamates (subject to hydrolysis) is 1. The largest absolute Gasteiger partial charge is 0.444 e. The number of nitrogens with two attached hydrogens (primary N) is 1. The number of carbonyl (C=O) groups is 1. The number of rotatable bonds is 8. The zero-order valence-electron chi connectivity index (χ0n) is 22.3. The van der Waals surface area contributed by atoms with Crippen LogP contribution in [0.4, 0.5) is 10.5 Å². The Kier molecular flexibility index (Phi) is 9.70. The van der Waals surface area contributed by atoms with Gasteiger partial charge in [-0.1, -0.05) is 36.4 Å². The minimum atomic E-state index is -0.544. The van der Waals surface area contributed by atoms with Crippen LogP contribution >= 0.6 is 12.2 Å². The van der Waals surface area contributed by atoms with Gasteiger partial charge >= 0.3 is 6.09 Å². The van der Waals surface area contributed by atoms with E-state index in [1.807, 2.05) is 32.6 Å². The van der Waals surface area contributed by atoms with Crippen molar-refractivity contribution in [1.82, 2.24) is 15.1 Å². The molecule has 8 heteroatoms. The van der Waals surface area contributed by atoms with E-state index in [4.69, 9.17) is 22.7 Å². The Bertz CT molecular complexity index is 1030. The fourth-order valence-electron chi connectivity index (χ4n) is 4.24. The summed E-state index contributed by atoms with van der Waals surface area (Å²) in [4.78, 5) is 18.8. The first kappa shape index (κ1) is 27.9. The van der Waals surface area contributed by atoms with Crippen molar-refractivity contribution in [3.05, 3.63) is 53.6 Å². The van der Waals surface area contributed by atoms with Crippen molar-refractivity contribution in [2.24, 2.45) is 5.73 Å². The topological polar surface area (TPSA) is 74.1 Å². The lowest BCUT2D eigenvalue weighted by atomic mass is 10.00. The molecule has 0 bridgehead atoms. The van der Waals surface area contributed by atoms with E-state index in [0.29, 0.717) is 13.1 Å². The van der Waals surface area contributed by atoms with Crippen LogP contribution in [0.5, 0.6) is 0 Å². The molecule has 2 aromatic rings. The molecule has 36 heavy (non-hydrogen) atoms. The van der Waals surface area contributed by atoms with E-state index in [2.05, 4.69) is 64.6 Å². The summed E-state index contributed by atoms with van der Waals surface area (Å²) in [5.74, 6) is 0. The number of benzene rings is 2. The fraction of sp³-hybridized carbons (Fsp3) is 0.500. The summed E-state index contributed by atoms with van der Waals surface area (Å²) in [6.07, 6.45) is 0.604. The van der Waals surface area contributed by atoms with Gasteiger partial charge in [0.2, 0.25) is 0 Å². The molecule has 2 aromatic carbocycles. The normalized spacial score (nSPS) is 14.9. The van der Waals surface area contributed by atoms with E-state index in [9.17, 15) is 4.79 Å². The van der Waals surface area contributed by atoms with Gasteiger partial charge in [0.1, 0.15) is 5.60 Å². The lowest BCUT2D eigenvalue weighted by Crippen LogP contribution is -2.45. The fourth-order valence-corrected chi connectivity index (χ4v) is 4.43. The molecule has 1 saturated heterocycles. The van der Waals surface area contributed by atoms with Crippen molar-refractivity contribution in [3.63, 3.8) is 0 Å². The summed E-state index contributed by atoms with van der Waals surface area (Å²) in [5, 5.41) is 3.04. The average molecular weight is 512 g/mol. The molecule has 1 amide bonds. The highest BCUT2D eigenvalue weighted by Gasteiger charge is 2.18. The van der Waals surface area contributed by atoms with Crippen LogP contribution in [0.15, 0.2) is 42.5 Å². The number of piperazine rings is 1. The number of likely N-dealkylation sites (N-methyl/N-ethyl adjacent to an activating group) is 1. The first-order chi connectivity index (χ1) is 17.0. The van der Waals surface area contributed by atoms with Crippen molar-refractivity contribution in [1.29, 1.82) is 0 Å². The number of hydrogen-bond acceptors (Lipinski definition) is 5. The number of amides is 1. The molecule has 0 saturated carbocycles. The van der Waals surface area contributed by atoms with Gasteiger partial charge in [0.25, 0.3) is 0 Å². The van der Waals surface area contributed by atoms with Crippen LogP contribution < -0.4 is 16.0 Å². The minimum Gasteiger partial charge on any atom is -0.444 e. The van der Waals surface area contributed by atoms with Crippen LogP contribution in [0, 0.1) is 6.92 Å². The molecule has 0 aliphatic carbocycles. The molecule has 7 nitrogen and oxygen atoms in total. The molecule has 196 valence electrons. The van der Waals surface area contributed by atoms with Crippen LogP contribution in [0.1, 0.15) is 31.9 Å². The van der Waals surface area contributed by atoms with Gasteiger partial charge in [-0.05, 0) is 81.7 Å². The van der Waals surface area contributed by atoms with Gasteiger partial charge in [0, 0.05) is 51.5 Å². The molecule has 0 atom stereocenters. The zero-order valence-corrected chi connectivity index (χ0v) is 23.2. The quantitative estimate of drug-likeness (QED) is 0.519. The van der Waals surface area contributed by atoms with Crippen LogP contribution in [0.2, 0.25) is 0 Å². The van der Waals surface area contributed by atoms with Crippen molar-refractivity contribution < 1.29 is 9.53 Å². The van der Waals surface area contributed by atoms with Crippen molar-refractivity contribution in [2.75, 3.05) is 57.8 Å². The molecular weight excluding hydrogens is 470 g/mol. The third-order valence-corrected chi connectivity index (χ3v) is 6.59. The highest BCUT2D eigenvalue weighted by Crippen LogP contribution is 2.28. The molecule has 0 aromatic heterocycles. The first-order valence-corrected chi connectivity index (χ1v) is 13.1. The maximum Gasteiger partial charge on any atom is 0.407 e. The summed E-state index contributed by atoms with van der Waals surface area (Å²) in [6.45, 7) is 14.0. The second kappa shape index (κ2) is 12.5. The molecule has 1 aliphatic heterocycles. The van der Waals surface area contributed by atoms with Gasteiger partial charge in [0.05, 0.1) is 0 Å². The van der Waals surface area contributed by atoms with Gasteiger partial charge in [-0.25, -0.2) is 4.79 Å². The number of carbonyl (C=O) groups excluding carboxylic acids is 1. The number of thiocarbonyl (C=S) groups is 1.